The number of hydrogen-bond acceptors (Lipinski definition) is 6. The molecule has 0 radical (unpaired) electrons. The number of thiazole rings is 1. The molecule has 0 saturated heterocycles. The molecule has 0 aliphatic rings. The molecule has 30 heavy (non-hydrogen) atoms. The molecule has 152 valence electrons. The summed E-state index contributed by atoms with van der Waals surface area (Å²) in [5.41, 5.74) is 2.98. The Hall–Kier alpha value is -3.45. The van der Waals surface area contributed by atoms with Crippen molar-refractivity contribution in [2.75, 3.05) is 6.61 Å². The Morgan fingerprint density at radius 1 is 1.13 bits per heavy atom. The molecule has 2 aromatic heterocycles. The summed E-state index contributed by atoms with van der Waals surface area (Å²) in [7, 11) is 0. The Bertz CT molecular complexity index is 1160. The highest BCUT2D eigenvalue weighted by Gasteiger charge is 2.17. The number of nitrogens with zero attached hydrogens (tertiary/aromatic N) is 2. The number of imidazole rings is 1. The van der Waals surface area contributed by atoms with Gasteiger partial charge in [-0.1, -0.05) is 30.3 Å². The maximum absolute atomic E-state index is 11.8. The van der Waals surface area contributed by atoms with E-state index in [9.17, 15) is 9.59 Å². The fourth-order valence-electron chi connectivity index (χ4n) is 3.12. The van der Waals surface area contributed by atoms with Crippen molar-refractivity contribution >= 4 is 28.6 Å². The first kappa shape index (κ1) is 19.8. The number of benzene rings is 2. The summed E-state index contributed by atoms with van der Waals surface area (Å²) < 4.78 is 12.5. The van der Waals surface area contributed by atoms with Gasteiger partial charge in [-0.15, -0.1) is 11.3 Å². The second-order valence-electron chi connectivity index (χ2n) is 6.59. The van der Waals surface area contributed by atoms with Crippen LogP contribution in [0.2, 0.25) is 0 Å². The summed E-state index contributed by atoms with van der Waals surface area (Å²) in [6.45, 7) is 2.60. The number of ether oxygens (including phenoxy) is 2. The summed E-state index contributed by atoms with van der Waals surface area (Å²) >= 11 is 1.37. The van der Waals surface area contributed by atoms with Crippen LogP contribution in [0, 0.1) is 0 Å². The summed E-state index contributed by atoms with van der Waals surface area (Å²) in [5, 5.41) is 0. The van der Waals surface area contributed by atoms with Crippen LogP contribution in [0.1, 0.15) is 27.9 Å². The Kier molecular flexibility index (Phi) is 5.90. The van der Waals surface area contributed by atoms with Gasteiger partial charge in [0, 0.05) is 16.6 Å². The number of aldehydes is 1. The molecule has 0 N–H and O–H groups in total. The second kappa shape index (κ2) is 8.92. The van der Waals surface area contributed by atoms with Crippen molar-refractivity contribution in [3.8, 4) is 17.0 Å². The first-order chi connectivity index (χ1) is 14.7. The predicted molar refractivity (Wildman–Crippen MR) is 115 cm³/mol. The van der Waals surface area contributed by atoms with Crippen molar-refractivity contribution in [3.05, 3.63) is 76.9 Å². The molecule has 0 unspecified atom stereocenters. The van der Waals surface area contributed by atoms with Crippen molar-refractivity contribution in [2.45, 2.75) is 20.0 Å². The third-order valence-electron chi connectivity index (χ3n) is 4.52. The summed E-state index contributed by atoms with van der Waals surface area (Å²) in [5.74, 6) is 0.453. The van der Waals surface area contributed by atoms with E-state index >= 15 is 0 Å². The largest absolute Gasteiger partial charge is 0.489 e. The van der Waals surface area contributed by atoms with Crippen LogP contribution in [0.3, 0.4) is 0 Å². The van der Waals surface area contributed by atoms with Gasteiger partial charge in [0.05, 0.1) is 13.0 Å². The molecule has 0 aliphatic carbocycles. The average molecular weight is 420 g/mol. The first-order valence-electron chi connectivity index (χ1n) is 9.56. The highest BCUT2D eigenvalue weighted by atomic mass is 32.1. The smallest absolute Gasteiger partial charge is 0.311 e. The molecule has 0 atom stereocenters. The van der Waals surface area contributed by atoms with E-state index < -0.39 is 0 Å². The lowest BCUT2D eigenvalue weighted by Crippen LogP contribution is -2.06. The van der Waals surface area contributed by atoms with Crippen LogP contribution in [0.5, 0.6) is 5.75 Å². The van der Waals surface area contributed by atoms with Gasteiger partial charge in [0.1, 0.15) is 23.7 Å². The van der Waals surface area contributed by atoms with Crippen LogP contribution in [0.15, 0.2) is 60.8 Å². The van der Waals surface area contributed by atoms with Crippen LogP contribution >= 0.6 is 11.3 Å². The number of hydrogen-bond donors (Lipinski definition) is 0. The van der Waals surface area contributed by atoms with Crippen LogP contribution in [-0.4, -0.2) is 28.2 Å². The molecule has 4 rings (SSSR count). The van der Waals surface area contributed by atoms with Gasteiger partial charge in [-0.2, -0.15) is 0 Å². The minimum absolute atomic E-state index is 0.170. The van der Waals surface area contributed by atoms with Crippen LogP contribution < -0.4 is 4.74 Å². The standard InChI is InChI=1S/C23H20N2O4S/c1-2-28-21(27)12-19-13-25-20(14-26)22(24-23(25)30-19)17-8-10-18(11-9-17)29-15-16-6-4-3-5-7-16/h3-11,13-14H,2,12,15H2,1H3. The lowest BCUT2D eigenvalue weighted by Gasteiger charge is -2.07. The van der Waals surface area contributed by atoms with Gasteiger partial charge in [0.15, 0.2) is 11.2 Å². The van der Waals surface area contributed by atoms with E-state index in [4.69, 9.17) is 9.47 Å². The maximum Gasteiger partial charge on any atom is 0.311 e. The first-order valence-corrected chi connectivity index (χ1v) is 10.4. The fraction of sp³-hybridized carbons (Fsp3) is 0.174. The average Bonchev–Trinajstić information content (AvgIpc) is 3.30. The molecule has 0 fully saturated rings. The highest BCUT2D eigenvalue weighted by Crippen LogP contribution is 2.29. The van der Waals surface area contributed by atoms with Gasteiger partial charge in [0.25, 0.3) is 0 Å². The predicted octanol–water partition coefficient (Wildman–Crippen LogP) is 4.56. The zero-order chi connectivity index (χ0) is 20.9. The molecule has 2 aromatic carbocycles. The van der Waals surface area contributed by atoms with E-state index in [-0.39, 0.29) is 12.4 Å². The zero-order valence-electron chi connectivity index (χ0n) is 16.4. The van der Waals surface area contributed by atoms with Gasteiger partial charge < -0.3 is 9.47 Å². The number of fused-ring (bicyclic) bond motifs is 1. The number of carbonyl (C=O) groups excluding carboxylic acids is 2. The summed E-state index contributed by atoms with van der Waals surface area (Å²) in [6, 6.07) is 17.5. The van der Waals surface area contributed by atoms with E-state index in [2.05, 4.69) is 4.98 Å². The normalized spacial score (nSPS) is 10.8. The molecule has 0 bridgehead atoms. The zero-order valence-corrected chi connectivity index (χ0v) is 17.2. The van der Waals surface area contributed by atoms with E-state index in [1.165, 1.54) is 11.3 Å². The van der Waals surface area contributed by atoms with Crippen LogP contribution in [-0.2, 0) is 22.6 Å². The number of aromatic nitrogens is 2. The van der Waals surface area contributed by atoms with Crippen molar-refractivity contribution in [1.82, 2.24) is 9.38 Å². The lowest BCUT2D eigenvalue weighted by atomic mass is 10.1. The van der Waals surface area contributed by atoms with Crippen molar-refractivity contribution < 1.29 is 19.1 Å². The van der Waals surface area contributed by atoms with E-state index in [0.29, 0.717) is 29.6 Å². The van der Waals surface area contributed by atoms with Crippen LogP contribution in [0.4, 0.5) is 0 Å². The van der Waals surface area contributed by atoms with Crippen molar-refractivity contribution in [1.29, 1.82) is 0 Å². The lowest BCUT2D eigenvalue weighted by molar-refractivity contribution is -0.142. The maximum atomic E-state index is 11.8. The molecule has 0 spiro atoms. The Labute approximate surface area is 177 Å². The molecular formula is C23H20N2O4S. The molecular weight excluding hydrogens is 400 g/mol. The Morgan fingerprint density at radius 3 is 2.60 bits per heavy atom. The minimum Gasteiger partial charge on any atom is -0.489 e. The molecule has 7 heteroatoms. The monoisotopic (exact) mass is 420 g/mol. The Morgan fingerprint density at radius 2 is 1.90 bits per heavy atom. The van der Waals surface area contributed by atoms with Crippen LogP contribution in [0.25, 0.3) is 16.2 Å². The number of carbonyl (C=O) groups is 2. The molecule has 0 aliphatic heterocycles. The van der Waals surface area contributed by atoms with E-state index in [0.717, 1.165) is 28.0 Å². The Balaban J connectivity index is 1.52. The van der Waals surface area contributed by atoms with Crippen molar-refractivity contribution in [3.63, 3.8) is 0 Å². The molecule has 0 saturated carbocycles. The topological polar surface area (TPSA) is 69.9 Å². The highest BCUT2D eigenvalue weighted by molar-refractivity contribution is 7.17. The number of rotatable bonds is 8. The molecule has 4 aromatic rings. The third kappa shape index (κ3) is 4.26. The summed E-state index contributed by atoms with van der Waals surface area (Å²) in [4.78, 5) is 29.5. The van der Waals surface area contributed by atoms with E-state index in [1.54, 1.807) is 17.5 Å². The quantitative estimate of drug-likeness (QED) is 0.309. The van der Waals surface area contributed by atoms with Gasteiger partial charge >= 0.3 is 5.97 Å². The molecule has 0 amide bonds. The van der Waals surface area contributed by atoms with Gasteiger partial charge in [0.2, 0.25) is 0 Å². The SMILES string of the molecule is CCOC(=O)Cc1cn2c(C=O)c(-c3ccc(OCc4ccccc4)cc3)nc2s1. The summed E-state index contributed by atoms with van der Waals surface area (Å²) in [6.07, 6.45) is 2.73. The minimum atomic E-state index is -0.291. The number of esters is 1. The fourth-order valence-corrected chi connectivity index (χ4v) is 4.09. The third-order valence-corrected chi connectivity index (χ3v) is 5.51. The van der Waals surface area contributed by atoms with Gasteiger partial charge in [-0.05, 0) is 36.8 Å². The molecule has 2 heterocycles. The second-order valence-corrected chi connectivity index (χ2v) is 7.69. The van der Waals surface area contributed by atoms with Crippen molar-refractivity contribution in [2.24, 2.45) is 0 Å². The van der Waals surface area contributed by atoms with Gasteiger partial charge in [-0.25, -0.2) is 4.98 Å². The molecule has 6 nitrogen and oxygen atoms in total. The van der Waals surface area contributed by atoms with Gasteiger partial charge in [-0.3, -0.25) is 14.0 Å². The van der Waals surface area contributed by atoms with E-state index in [1.807, 2.05) is 54.6 Å².